The Balaban J connectivity index is 2.11. The Morgan fingerprint density at radius 2 is 2.33 bits per heavy atom. The summed E-state index contributed by atoms with van der Waals surface area (Å²) in [5, 5.41) is 0. The number of epoxide rings is 1. The number of hydrogen-bond donors (Lipinski definition) is 0. The van der Waals surface area contributed by atoms with Gasteiger partial charge in [-0.15, -0.1) is 6.58 Å². The molecular formula is C8H14O. The smallest absolute Gasteiger partial charge is 0.0844 e. The molecule has 0 aromatic carbocycles. The quantitative estimate of drug-likeness (QED) is 0.416. The van der Waals surface area contributed by atoms with Crippen molar-refractivity contribution in [2.24, 2.45) is 5.92 Å². The van der Waals surface area contributed by atoms with Gasteiger partial charge in [-0.1, -0.05) is 13.0 Å². The minimum Gasteiger partial charge on any atom is -0.370 e. The van der Waals surface area contributed by atoms with Crippen molar-refractivity contribution in [3.8, 4) is 0 Å². The van der Waals surface area contributed by atoms with E-state index in [0.717, 1.165) is 6.42 Å². The summed E-state index contributed by atoms with van der Waals surface area (Å²) in [5.41, 5.74) is 0. The van der Waals surface area contributed by atoms with Crippen LogP contribution in [0.5, 0.6) is 0 Å². The molecule has 9 heavy (non-hydrogen) atoms. The molecular weight excluding hydrogens is 112 g/mol. The Kier molecular flexibility index (Phi) is 1.91. The molecule has 0 saturated carbocycles. The van der Waals surface area contributed by atoms with Crippen molar-refractivity contribution in [1.29, 1.82) is 0 Å². The zero-order chi connectivity index (χ0) is 6.85. The van der Waals surface area contributed by atoms with Crippen LogP contribution in [0.25, 0.3) is 0 Å². The molecule has 0 aromatic rings. The SMILES string of the molecule is C=CC(C)CC1OC1C. The third-order valence-corrected chi connectivity index (χ3v) is 1.84. The van der Waals surface area contributed by atoms with Crippen LogP contribution in [0.2, 0.25) is 0 Å². The maximum atomic E-state index is 5.24. The van der Waals surface area contributed by atoms with Crippen LogP contribution in [0.15, 0.2) is 12.7 Å². The van der Waals surface area contributed by atoms with Crippen LogP contribution in [0.4, 0.5) is 0 Å². The molecule has 0 N–H and O–H groups in total. The van der Waals surface area contributed by atoms with Crippen molar-refractivity contribution in [2.75, 3.05) is 0 Å². The molecule has 1 saturated heterocycles. The molecule has 0 radical (unpaired) electrons. The third-order valence-electron chi connectivity index (χ3n) is 1.84. The van der Waals surface area contributed by atoms with Crippen LogP contribution in [-0.2, 0) is 4.74 Å². The lowest BCUT2D eigenvalue weighted by Crippen LogP contribution is -1.96. The predicted molar refractivity (Wildman–Crippen MR) is 38.3 cm³/mol. The van der Waals surface area contributed by atoms with E-state index < -0.39 is 0 Å². The van der Waals surface area contributed by atoms with Gasteiger partial charge in [-0.3, -0.25) is 0 Å². The van der Waals surface area contributed by atoms with E-state index in [4.69, 9.17) is 4.74 Å². The maximum Gasteiger partial charge on any atom is 0.0844 e. The molecule has 0 bridgehead atoms. The summed E-state index contributed by atoms with van der Waals surface area (Å²) in [6.45, 7) is 7.99. The van der Waals surface area contributed by atoms with Crippen LogP contribution in [0.1, 0.15) is 20.3 Å². The van der Waals surface area contributed by atoms with E-state index >= 15 is 0 Å². The summed E-state index contributed by atoms with van der Waals surface area (Å²) >= 11 is 0. The van der Waals surface area contributed by atoms with Crippen molar-refractivity contribution in [2.45, 2.75) is 32.5 Å². The highest BCUT2D eigenvalue weighted by atomic mass is 16.6. The molecule has 1 rings (SSSR count). The van der Waals surface area contributed by atoms with Crippen molar-refractivity contribution in [3.05, 3.63) is 12.7 Å². The molecule has 1 nitrogen and oxygen atoms in total. The number of ether oxygens (including phenoxy) is 1. The summed E-state index contributed by atoms with van der Waals surface area (Å²) in [6, 6.07) is 0. The molecule has 1 heteroatoms. The normalized spacial score (nSPS) is 35.8. The van der Waals surface area contributed by atoms with Gasteiger partial charge in [-0.2, -0.15) is 0 Å². The average molecular weight is 126 g/mol. The molecule has 3 unspecified atom stereocenters. The van der Waals surface area contributed by atoms with Gasteiger partial charge in [0.05, 0.1) is 12.2 Å². The van der Waals surface area contributed by atoms with E-state index in [1.54, 1.807) is 0 Å². The van der Waals surface area contributed by atoms with Gasteiger partial charge in [0.1, 0.15) is 0 Å². The first-order chi connectivity index (χ1) is 4.24. The first-order valence-electron chi connectivity index (χ1n) is 3.52. The Morgan fingerprint density at radius 3 is 2.67 bits per heavy atom. The van der Waals surface area contributed by atoms with Crippen LogP contribution in [0, 0.1) is 5.92 Å². The summed E-state index contributed by atoms with van der Waals surface area (Å²) in [6.07, 6.45) is 4.16. The zero-order valence-electron chi connectivity index (χ0n) is 6.13. The number of rotatable bonds is 3. The Labute approximate surface area is 56.7 Å². The first-order valence-corrected chi connectivity index (χ1v) is 3.52. The van der Waals surface area contributed by atoms with E-state index in [1.165, 1.54) is 0 Å². The molecule has 0 spiro atoms. The lowest BCUT2D eigenvalue weighted by atomic mass is 10.1. The average Bonchev–Trinajstić information content (AvgIpc) is 2.47. The molecule has 0 aromatic heterocycles. The lowest BCUT2D eigenvalue weighted by Gasteiger charge is -1.99. The van der Waals surface area contributed by atoms with Crippen molar-refractivity contribution in [1.82, 2.24) is 0 Å². The van der Waals surface area contributed by atoms with Gasteiger partial charge in [0.2, 0.25) is 0 Å². The fourth-order valence-electron chi connectivity index (χ4n) is 0.940. The Morgan fingerprint density at radius 1 is 1.78 bits per heavy atom. The summed E-state index contributed by atoms with van der Waals surface area (Å²) in [4.78, 5) is 0. The van der Waals surface area contributed by atoms with Crippen molar-refractivity contribution >= 4 is 0 Å². The molecule has 0 amide bonds. The van der Waals surface area contributed by atoms with Crippen LogP contribution >= 0.6 is 0 Å². The number of hydrogen-bond acceptors (Lipinski definition) is 1. The van der Waals surface area contributed by atoms with Gasteiger partial charge in [0.15, 0.2) is 0 Å². The standard InChI is InChI=1S/C8H14O/c1-4-6(2)5-8-7(3)9-8/h4,6-8H,1,5H2,2-3H3. The fourth-order valence-corrected chi connectivity index (χ4v) is 0.940. The molecule has 1 aliphatic heterocycles. The summed E-state index contributed by atoms with van der Waals surface area (Å²) in [5.74, 6) is 0.611. The molecule has 0 aliphatic carbocycles. The van der Waals surface area contributed by atoms with Gasteiger partial charge in [0.25, 0.3) is 0 Å². The largest absolute Gasteiger partial charge is 0.370 e. The zero-order valence-corrected chi connectivity index (χ0v) is 6.13. The maximum absolute atomic E-state index is 5.24. The van der Waals surface area contributed by atoms with E-state index in [-0.39, 0.29) is 0 Å². The van der Waals surface area contributed by atoms with E-state index in [0.29, 0.717) is 18.1 Å². The molecule has 1 heterocycles. The molecule has 3 atom stereocenters. The topological polar surface area (TPSA) is 12.5 Å². The minimum absolute atomic E-state index is 0.507. The van der Waals surface area contributed by atoms with E-state index in [2.05, 4.69) is 20.4 Å². The van der Waals surface area contributed by atoms with Gasteiger partial charge in [-0.25, -0.2) is 0 Å². The Hall–Kier alpha value is -0.300. The van der Waals surface area contributed by atoms with Gasteiger partial charge in [-0.05, 0) is 19.3 Å². The highest BCUT2D eigenvalue weighted by molar-refractivity contribution is 4.86. The predicted octanol–water partition coefficient (Wildman–Crippen LogP) is 1.99. The minimum atomic E-state index is 0.507. The Bertz CT molecular complexity index is 109. The van der Waals surface area contributed by atoms with Crippen molar-refractivity contribution in [3.63, 3.8) is 0 Å². The lowest BCUT2D eigenvalue weighted by molar-refractivity contribution is 0.358. The molecule has 1 aliphatic rings. The van der Waals surface area contributed by atoms with Gasteiger partial charge >= 0.3 is 0 Å². The van der Waals surface area contributed by atoms with Crippen molar-refractivity contribution < 1.29 is 4.74 Å². The fraction of sp³-hybridized carbons (Fsp3) is 0.750. The van der Waals surface area contributed by atoms with Crippen LogP contribution in [-0.4, -0.2) is 12.2 Å². The van der Waals surface area contributed by atoms with E-state index in [1.807, 2.05) is 6.08 Å². The van der Waals surface area contributed by atoms with Gasteiger partial charge in [0, 0.05) is 0 Å². The second-order valence-electron chi connectivity index (χ2n) is 2.83. The highest BCUT2D eigenvalue weighted by Gasteiger charge is 2.34. The van der Waals surface area contributed by atoms with E-state index in [9.17, 15) is 0 Å². The van der Waals surface area contributed by atoms with Gasteiger partial charge < -0.3 is 4.74 Å². The molecule has 52 valence electrons. The second kappa shape index (κ2) is 2.53. The van der Waals surface area contributed by atoms with Crippen LogP contribution < -0.4 is 0 Å². The monoisotopic (exact) mass is 126 g/mol. The summed E-state index contributed by atoms with van der Waals surface area (Å²) in [7, 11) is 0. The molecule has 1 fully saturated rings. The second-order valence-corrected chi connectivity index (χ2v) is 2.83. The third kappa shape index (κ3) is 1.83. The number of allylic oxidation sites excluding steroid dienone is 1. The van der Waals surface area contributed by atoms with Crippen LogP contribution in [0.3, 0.4) is 0 Å². The first kappa shape index (κ1) is 6.81. The summed E-state index contributed by atoms with van der Waals surface area (Å²) < 4.78 is 5.24. The highest BCUT2D eigenvalue weighted by Crippen LogP contribution is 2.27.